The molecule has 0 unspecified atom stereocenters. The number of hydrogen-bond donors (Lipinski definition) is 3. The number of benzene rings is 1. The molecular weight excluding hydrogens is 311 g/mol. The van der Waals surface area contributed by atoms with E-state index in [-0.39, 0.29) is 11.2 Å². The summed E-state index contributed by atoms with van der Waals surface area (Å²) >= 11 is 1.66. The van der Waals surface area contributed by atoms with E-state index in [0.29, 0.717) is 31.3 Å². The minimum absolute atomic E-state index is 0.0483. The molecule has 0 atom stereocenters. The van der Waals surface area contributed by atoms with Gasteiger partial charge in [-0.3, -0.25) is 0 Å². The maximum atomic E-state index is 13.3. The van der Waals surface area contributed by atoms with Gasteiger partial charge in [-0.05, 0) is 41.6 Å². The van der Waals surface area contributed by atoms with Crippen molar-refractivity contribution in [3.63, 3.8) is 0 Å². The van der Waals surface area contributed by atoms with Crippen LogP contribution in [-0.4, -0.2) is 19.0 Å². The summed E-state index contributed by atoms with van der Waals surface area (Å²) in [5.41, 5.74) is 6.38. The van der Waals surface area contributed by atoms with Crippen LogP contribution < -0.4 is 16.4 Å². The SMILES string of the molecule is CC(C)(CN)CNC(=NCc1cccs1)Nc1cccc(F)c1. The molecule has 1 heterocycles. The molecule has 2 aromatic rings. The molecule has 0 aliphatic rings. The first-order valence-corrected chi connectivity index (χ1v) is 8.40. The Balaban J connectivity index is 2.08. The highest BCUT2D eigenvalue weighted by Gasteiger charge is 2.16. The van der Waals surface area contributed by atoms with E-state index in [1.807, 2.05) is 17.5 Å². The summed E-state index contributed by atoms with van der Waals surface area (Å²) < 4.78 is 13.3. The second-order valence-corrected chi connectivity index (χ2v) is 7.13. The number of rotatable bonds is 6. The van der Waals surface area contributed by atoms with Gasteiger partial charge in [-0.2, -0.15) is 0 Å². The van der Waals surface area contributed by atoms with Crippen molar-refractivity contribution < 1.29 is 4.39 Å². The predicted molar refractivity (Wildman–Crippen MR) is 96.3 cm³/mol. The van der Waals surface area contributed by atoms with E-state index >= 15 is 0 Å². The Hall–Kier alpha value is -1.92. The van der Waals surface area contributed by atoms with Gasteiger partial charge in [-0.15, -0.1) is 11.3 Å². The first kappa shape index (κ1) is 17.4. The number of nitrogens with two attached hydrogens (primary N) is 1. The number of hydrogen-bond acceptors (Lipinski definition) is 3. The normalized spacial score (nSPS) is 12.3. The fourth-order valence-electron chi connectivity index (χ4n) is 1.80. The van der Waals surface area contributed by atoms with Crippen molar-refractivity contribution in [1.29, 1.82) is 0 Å². The lowest BCUT2D eigenvalue weighted by molar-refractivity contribution is 0.376. The second kappa shape index (κ2) is 8.08. The van der Waals surface area contributed by atoms with Crippen LogP contribution in [0.3, 0.4) is 0 Å². The van der Waals surface area contributed by atoms with Crippen LogP contribution >= 0.6 is 11.3 Å². The molecule has 2 rings (SSSR count). The quantitative estimate of drug-likeness (QED) is 0.560. The van der Waals surface area contributed by atoms with Crippen molar-refractivity contribution in [3.05, 3.63) is 52.5 Å². The molecule has 0 fully saturated rings. The van der Waals surface area contributed by atoms with Crippen molar-refractivity contribution in [2.75, 3.05) is 18.4 Å². The molecule has 0 aliphatic heterocycles. The second-order valence-electron chi connectivity index (χ2n) is 6.10. The predicted octanol–water partition coefficient (Wildman–Crippen LogP) is 3.43. The van der Waals surface area contributed by atoms with Crippen molar-refractivity contribution >= 4 is 23.0 Å². The molecule has 0 saturated carbocycles. The summed E-state index contributed by atoms with van der Waals surface area (Å²) in [7, 11) is 0. The van der Waals surface area contributed by atoms with Crippen LogP contribution in [0.2, 0.25) is 0 Å². The van der Waals surface area contributed by atoms with E-state index < -0.39 is 0 Å². The number of guanidine groups is 1. The molecule has 0 bridgehead atoms. The monoisotopic (exact) mass is 334 g/mol. The van der Waals surface area contributed by atoms with Crippen LogP contribution in [0, 0.1) is 11.2 Å². The zero-order chi connectivity index (χ0) is 16.7. The van der Waals surface area contributed by atoms with Gasteiger partial charge in [-0.25, -0.2) is 9.38 Å². The molecule has 0 aliphatic carbocycles. The molecule has 4 N–H and O–H groups in total. The van der Waals surface area contributed by atoms with E-state index in [9.17, 15) is 4.39 Å². The Morgan fingerprint density at radius 3 is 2.78 bits per heavy atom. The third kappa shape index (κ3) is 6.00. The van der Waals surface area contributed by atoms with E-state index in [4.69, 9.17) is 5.73 Å². The van der Waals surface area contributed by atoms with Crippen LogP contribution in [0.25, 0.3) is 0 Å². The number of thiophene rings is 1. The Morgan fingerprint density at radius 1 is 1.30 bits per heavy atom. The molecule has 23 heavy (non-hydrogen) atoms. The summed E-state index contributed by atoms with van der Waals surface area (Å²) in [6, 6.07) is 10.4. The standard InChI is InChI=1S/C17H23FN4S/c1-17(2,11-19)12-21-16(20-10-15-7-4-8-23-15)22-14-6-3-5-13(18)9-14/h3-9H,10-12,19H2,1-2H3,(H2,20,21,22). The average Bonchev–Trinajstić information content (AvgIpc) is 3.03. The maximum absolute atomic E-state index is 13.3. The topological polar surface area (TPSA) is 62.4 Å². The van der Waals surface area contributed by atoms with Gasteiger partial charge >= 0.3 is 0 Å². The van der Waals surface area contributed by atoms with E-state index in [1.54, 1.807) is 23.5 Å². The third-order valence-electron chi connectivity index (χ3n) is 3.35. The molecule has 0 saturated heterocycles. The highest BCUT2D eigenvalue weighted by molar-refractivity contribution is 7.09. The Kier molecular flexibility index (Phi) is 6.12. The first-order valence-electron chi connectivity index (χ1n) is 7.52. The number of anilines is 1. The molecule has 0 radical (unpaired) electrons. The summed E-state index contributed by atoms with van der Waals surface area (Å²) in [4.78, 5) is 5.74. The fourth-order valence-corrected chi connectivity index (χ4v) is 2.43. The van der Waals surface area contributed by atoms with Gasteiger partial charge in [0.2, 0.25) is 0 Å². The van der Waals surface area contributed by atoms with Crippen LogP contribution in [-0.2, 0) is 6.54 Å². The first-order chi connectivity index (χ1) is 11.0. The molecule has 0 amide bonds. The third-order valence-corrected chi connectivity index (χ3v) is 4.21. The summed E-state index contributed by atoms with van der Waals surface area (Å²) in [6.07, 6.45) is 0. The van der Waals surface area contributed by atoms with Gasteiger partial charge in [0.1, 0.15) is 5.82 Å². The number of nitrogens with zero attached hydrogens (tertiary/aromatic N) is 1. The lowest BCUT2D eigenvalue weighted by atomic mass is 9.94. The molecule has 1 aromatic carbocycles. The molecule has 0 spiro atoms. The molecule has 1 aromatic heterocycles. The maximum Gasteiger partial charge on any atom is 0.196 e. The minimum atomic E-state index is -0.283. The molecule has 4 nitrogen and oxygen atoms in total. The summed E-state index contributed by atoms with van der Waals surface area (Å²) in [5, 5.41) is 8.45. The zero-order valence-corrected chi connectivity index (χ0v) is 14.3. The van der Waals surface area contributed by atoms with Gasteiger partial charge in [0, 0.05) is 17.1 Å². The highest BCUT2D eigenvalue weighted by Crippen LogP contribution is 2.13. The van der Waals surface area contributed by atoms with Gasteiger partial charge in [-0.1, -0.05) is 26.0 Å². The number of nitrogens with one attached hydrogen (secondary N) is 2. The van der Waals surface area contributed by atoms with Crippen molar-refractivity contribution in [3.8, 4) is 0 Å². The molecular formula is C17H23FN4S. The van der Waals surface area contributed by atoms with Crippen LogP contribution in [0.15, 0.2) is 46.8 Å². The zero-order valence-electron chi connectivity index (χ0n) is 13.5. The van der Waals surface area contributed by atoms with E-state index in [1.165, 1.54) is 17.0 Å². The van der Waals surface area contributed by atoms with Crippen molar-refractivity contribution in [2.24, 2.45) is 16.1 Å². The van der Waals surface area contributed by atoms with Gasteiger partial charge in [0.25, 0.3) is 0 Å². The largest absolute Gasteiger partial charge is 0.356 e. The van der Waals surface area contributed by atoms with E-state index in [0.717, 1.165) is 0 Å². The van der Waals surface area contributed by atoms with Gasteiger partial charge < -0.3 is 16.4 Å². The Bertz CT molecular complexity index is 638. The fraction of sp³-hybridized carbons (Fsp3) is 0.353. The lowest BCUT2D eigenvalue weighted by Gasteiger charge is -2.24. The highest BCUT2D eigenvalue weighted by atomic mass is 32.1. The van der Waals surface area contributed by atoms with Gasteiger partial charge in [0.15, 0.2) is 5.96 Å². The molecule has 6 heteroatoms. The van der Waals surface area contributed by atoms with Crippen LogP contribution in [0.4, 0.5) is 10.1 Å². The lowest BCUT2D eigenvalue weighted by Crippen LogP contribution is -2.41. The summed E-state index contributed by atoms with van der Waals surface area (Å²) in [6.45, 7) is 5.98. The minimum Gasteiger partial charge on any atom is -0.356 e. The Labute approximate surface area is 140 Å². The van der Waals surface area contributed by atoms with Crippen molar-refractivity contribution in [1.82, 2.24) is 5.32 Å². The smallest absolute Gasteiger partial charge is 0.196 e. The molecule has 124 valence electrons. The number of halogens is 1. The van der Waals surface area contributed by atoms with Crippen molar-refractivity contribution in [2.45, 2.75) is 20.4 Å². The Morgan fingerprint density at radius 2 is 2.13 bits per heavy atom. The average molecular weight is 334 g/mol. The van der Waals surface area contributed by atoms with Crippen LogP contribution in [0.1, 0.15) is 18.7 Å². The number of aliphatic imine (C=N–C) groups is 1. The van der Waals surface area contributed by atoms with Gasteiger partial charge in [0.05, 0.1) is 6.54 Å². The van der Waals surface area contributed by atoms with Crippen LogP contribution in [0.5, 0.6) is 0 Å². The summed E-state index contributed by atoms with van der Waals surface area (Å²) in [5.74, 6) is 0.334. The van der Waals surface area contributed by atoms with E-state index in [2.05, 4.69) is 29.5 Å².